The Kier molecular flexibility index (Phi) is 3.69. The number of benzene rings is 3. The third-order valence-corrected chi connectivity index (χ3v) is 4.80. The molecular weight excluding hydrogens is 350 g/mol. The Balaban J connectivity index is 1.72. The van der Waals surface area contributed by atoms with E-state index in [1.807, 2.05) is 84.7 Å². The molecule has 1 N–H and O–H groups in total. The van der Waals surface area contributed by atoms with Gasteiger partial charge in [0.2, 0.25) is 5.95 Å². The van der Waals surface area contributed by atoms with Gasteiger partial charge in [0, 0.05) is 18.1 Å². The molecule has 2 aromatic heterocycles. The molecule has 0 aliphatic rings. The fourth-order valence-corrected chi connectivity index (χ4v) is 3.38. The number of aryl methyl sites for hydroxylation is 1. The topological polar surface area (TPSA) is 64.7 Å². The summed E-state index contributed by atoms with van der Waals surface area (Å²) >= 11 is 0. The highest BCUT2D eigenvalue weighted by atomic mass is 16.1. The molecule has 0 unspecified atom stereocenters. The molecule has 6 heteroatoms. The van der Waals surface area contributed by atoms with Gasteiger partial charge in [-0.15, -0.1) is 0 Å². The molecule has 0 bridgehead atoms. The molecule has 5 aromatic rings. The summed E-state index contributed by atoms with van der Waals surface area (Å²) in [6, 6.07) is 22.9. The van der Waals surface area contributed by atoms with Crippen molar-refractivity contribution in [3.63, 3.8) is 0 Å². The number of nitrogens with one attached hydrogen (secondary N) is 1. The van der Waals surface area contributed by atoms with E-state index >= 15 is 0 Å². The van der Waals surface area contributed by atoms with Crippen LogP contribution in [0.1, 0.15) is 0 Å². The van der Waals surface area contributed by atoms with Gasteiger partial charge >= 0.3 is 0 Å². The average Bonchev–Trinajstić information content (AvgIpc) is 3.09. The van der Waals surface area contributed by atoms with Gasteiger partial charge in [-0.1, -0.05) is 30.3 Å². The molecule has 5 rings (SSSR count). The maximum absolute atomic E-state index is 13.2. The van der Waals surface area contributed by atoms with Crippen molar-refractivity contribution < 1.29 is 0 Å². The summed E-state index contributed by atoms with van der Waals surface area (Å²) < 4.78 is 3.42. The molecular formula is C22H17N5O. The number of nitrogens with zero attached hydrogens (tertiary/aromatic N) is 4. The average molecular weight is 367 g/mol. The van der Waals surface area contributed by atoms with E-state index in [4.69, 9.17) is 4.98 Å². The van der Waals surface area contributed by atoms with Crippen molar-refractivity contribution in [1.29, 1.82) is 0 Å². The van der Waals surface area contributed by atoms with E-state index in [0.29, 0.717) is 16.9 Å². The molecule has 0 aliphatic heterocycles. The summed E-state index contributed by atoms with van der Waals surface area (Å²) in [5, 5.41) is 9.24. The number of fused-ring (bicyclic) bond motifs is 2. The second-order valence-electron chi connectivity index (χ2n) is 6.60. The summed E-state index contributed by atoms with van der Waals surface area (Å²) in [5.74, 6) is 0.469. The molecule has 2 heterocycles. The SMILES string of the molecule is Cn1ncc2ccc(Nc3nc4ccccc4c(=O)n3-c3ccccc3)cc21. The summed E-state index contributed by atoms with van der Waals surface area (Å²) in [4.78, 5) is 18.0. The van der Waals surface area contributed by atoms with Crippen molar-refractivity contribution in [2.45, 2.75) is 0 Å². The number of aromatic nitrogens is 4. The van der Waals surface area contributed by atoms with Crippen LogP contribution in [0.2, 0.25) is 0 Å². The Labute approximate surface area is 160 Å². The van der Waals surface area contributed by atoms with Crippen molar-refractivity contribution in [3.05, 3.63) is 89.3 Å². The van der Waals surface area contributed by atoms with Gasteiger partial charge in [0.15, 0.2) is 0 Å². The minimum Gasteiger partial charge on any atom is -0.325 e. The van der Waals surface area contributed by atoms with Crippen LogP contribution in [-0.2, 0) is 7.05 Å². The number of hydrogen-bond acceptors (Lipinski definition) is 4. The Hall–Kier alpha value is -3.93. The number of anilines is 2. The molecule has 0 aliphatic carbocycles. The molecule has 28 heavy (non-hydrogen) atoms. The van der Waals surface area contributed by atoms with Crippen LogP contribution in [0.15, 0.2) is 83.8 Å². The van der Waals surface area contributed by atoms with Crippen LogP contribution >= 0.6 is 0 Å². The van der Waals surface area contributed by atoms with Crippen LogP contribution in [-0.4, -0.2) is 19.3 Å². The lowest BCUT2D eigenvalue weighted by Crippen LogP contribution is -2.22. The minimum absolute atomic E-state index is 0.110. The van der Waals surface area contributed by atoms with Gasteiger partial charge in [0.1, 0.15) is 0 Å². The highest BCUT2D eigenvalue weighted by molar-refractivity contribution is 5.84. The number of para-hydroxylation sites is 2. The highest BCUT2D eigenvalue weighted by Gasteiger charge is 2.13. The van der Waals surface area contributed by atoms with Crippen LogP contribution in [0.3, 0.4) is 0 Å². The fraction of sp³-hybridized carbons (Fsp3) is 0.0455. The predicted molar refractivity (Wildman–Crippen MR) is 111 cm³/mol. The third-order valence-electron chi connectivity index (χ3n) is 4.80. The lowest BCUT2D eigenvalue weighted by molar-refractivity contribution is 0.797. The lowest BCUT2D eigenvalue weighted by Gasteiger charge is -2.15. The van der Waals surface area contributed by atoms with E-state index in [-0.39, 0.29) is 5.56 Å². The van der Waals surface area contributed by atoms with Crippen LogP contribution in [0.4, 0.5) is 11.6 Å². The van der Waals surface area contributed by atoms with Gasteiger partial charge < -0.3 is 5.32 Å². The maximum Gasteiger partial charge on any atom is 0.267 e. The molecule has 0 atom stereocenters. The Morgan fingerprint density at radius 3 is 2.57 bits per heavy atom. The van der Waals surface area contributed by atoms with Gasteiger partial charge in [0.05, 0.1) is 28.3 Å². The quantitative estimate of drug-likeness (QED) is 0.523. The molecule has 0 fully saturated rings. The van der Waals surface area contributed by atoms with Crippen LogP contribution in [0.5, 0.6) is 0 Å². The van der Waals surface area contributed by atoms with Crippen molar-refractivity contribution in [2.75, 3.05) is 5.32 Å². The van der Waals surface area contributed by atoms with E-state index in [9.17, 15) is 4.79 Å². The second kappa shape index (κ2) is 6.35. The van der Waals surface area contributed by atoms with Gasteiger partial charge in [-0.05, 0) is 42.5 Å². The number of hydrogen-bond donors (Lipinski definition) is 1. The van der Waals surface area contributed by atoms with Crippen LogP contribution < -0.4 is 10.9 Å². The molecule has 0 saturated carbocycles. The zero-order chi connectivity index (χ0) is 19.1. The zero-order valence-corrected chi connectivity index (χ0v) is 15.2. The Morgan fingerprint density at radius 1 is 0.929 bits per heavy atom. The summed E-state index contributed by atoms with van der Waals surface area (Å²) in [5.41, 5.74) is 3.14. The maximum atomic E-state index is 13.2. The van der Waals surface area contributed by atoms with Crippen LogP contribution in [0, 0.1) is 0 Å². The third kappa shape index (κ3) is 2.63. The largest absolute Gasteiger partial charge is 0.325 e. The Bertz CT molecular complexity index is 1370. The van der Waals surface area contributed by atoms with Crippen molar-refractivity contribution in [2.24, 2.45) is 7.05 Å². The standard InChI is InChI=1S/C22H17N5O/c1-26-20-13-16(12-11-15(20)14-23-26)24-22-25-19-10-6-5-9-18(19)21(28)27(22)17-7-3-2-4-8-17/h2-14H,1H3,(H,24,25). The molecule has 0 radical (unpaired) electrons. The second-order valence-corrected chi connectivity index (χ2v) is 6.60. The van der Waals surface area contributed by atoms with E-state index < -0.39 is 0 Å². The van der Waals surface area contributed by atoms with E-state index in [1.54, 1.807) is 10.6 Å². The lowest BCUT2D eigenvalue weighted by atomic mass is 10.2. The van der Waals surface area contributed by atoms with Crippen molar-refractivity contribution >= 4 is 33.4 Å². The number of rotatable bonds is 3. The monoisotopic (exact) mass is 367 g/mol. The molecule has 0 saturated heterocycles. The first-order valence-corrected chi connectivity index (χ1v) is 8.97. The predicted octanol–water partition coefficient (Wildman–Crippen LogP) is 4.02. The molecule has 0 spiro atoms. The van der Waals surface area contributed by atoms with E-state index in [2.05, 4.69) is 10.4 Å². The van der Waals surface area contributed by atoms with E-state index in [0.717, 1.165) is 22.3 Å². The smallest absolute Gasteiger partial charge is 0.267 e. The first-order chi connectivity index (χ1) is 13.7. The summed E-state index contributed by atoms with van der Waals surface area (Å²) in [7, 11) is 1.90. The summed E-state index contributed by atoms with van der Waals surface area (Å²) in [6.45, 7) is 0. The molecule has 0 amide bonds. The zero-order valence-electron chi connectivity index (χ0n) is 15.2. The van der Waals surface area contributed by atoms with Gasteiger partial charge in [-0.3, -0.25) is 9.48 Å². The van der Waals surface area contributed by atoms with Gasteiger partial charge in [-0.2, -0.15) is 5.10 Å². The van der Waals surface area contributed by atoms with Gasteiger partial charge in [0.25, 0.3) is 5.56 Å². The molecule has 6 nitrogen and oxygen atoms in total. The van der Waals surface area contributed by atoms with Crippen molar-refractivity contribution in [1.82, 2.24) is 19.3 Å². The minimum atomic E-state index is -0.110. The molecule has 3 aromatic carbocycles. The first kappa shape index (κ1) is 16.3. The molecule has 136 valence electrons. The normalized spacial score (nSPS) is 11.2. The van der Waals surface area contributed by atoms with Crippen molar-refractivity contribution in [3.8, 4) is 5.69 Å². The van der Waals surface area contributed by atoms with E-state index in [1.165, 1.54) is 0 Å². The first-order valence-electron chi connectivity index (χ1n) is 8.97. The summed E-state index contributed by atoms with van der Waals surface area (Å²) in [6.07, 6.45) is 1.83. The fourth-order valence-electron chi connectivity index (χ4n) is 3.38. The van der Waals surface area contributed by atoms with Crippen LogP contribution in [0.25, 0.3) is 27.5 Å². The van der Waals surface area contributed by atoms with Gasteiger partial charge in [-0.25, -0.2) is 9.55 Å². The Morgan fingerprint density at radius 2 is 1.71 bits per heavy atom. The highest BCUT2D eigenvalue weighted by Crippen LogP contribution is 2.23.